The molecule has 2 amide bonds. The molecule has 44 heavy (non-hydrogen) atoms. The third-order valence-corrected chi connectivity index (χ3v) is 6.46. The maximum absolute atomic E-state index is 13.4. The molecular formula is C32H35F3N4O5. The number of esters is 2. The molecule has 3 rings (SSSR count). The van der Waals surface area contributed by atoms with Crippen LogP contribution < -0.4 is 16.0 Å². The minimum Gasteiger partial charge on any atom is -0.386 e. The number of nitrogens with zero attached hydrogens (tertiary/aromatic N) is 1. The van der Waals surface area contributed by atoms with Crippen LogP contribution in [0.4, 0.5) is 19.0 Å². The van der Waals surface area contributed by atoms with Crippen LogP contribution in [0.3, 0.4) is 0 Å². The average Bonchev–Trinajstić information content (AvgIpc) is 2.99. The number of hydrogen-bond acceptors (Lipinski definition) is 7. The Bertz CT molecular complexity index is 1380. The number of carbonyl (C=O) groups is 4. The minimum absolute atomic E-state index is 0.00477. The summed E-state index contributed by atoms with van der Waals surface area (Å²) in [5.41, 5.74) is 2.13. The number of hydrogen-bond donors (Lipinski definition) is 3. The van der Waals surface area contributed by atoms with E-state index in [-0.39, 0.29) is 24.7 Å². The number of carbonyl (C=O) groups excluding carboxylic acids is 4. The van der Waals surface area contributed by atoms with Crippen LogP contribution in [0.5, 0.6) is 0 Å². The highest BCUT2D eigenvalue weighted by Crippen LogP contribution is 2.25. The van der Waals surface area contributed by atoms with Gasteiger partial charge in [-0.15, -0.1) is 0 Å². The molecule has 2 aromatic carbocycles. The maximum atomic E-state index is 13.4. The van der Waals surface area contributed by atoms with Gasteiger partial charge in [-0.25, -0.2) is 9.78 Å². The lowest BCUT2D eigenvalue weighted by Gasteiger charge is -2.25. The van der Waals surface area contributed by atoms with E-state index >= 15 is 0 Å². The van der Waals surface area contributed by atoms with Crippen molar-refractivity contribution in [3.05, 3.63) is 84.6 Å². The van der Waals surface area contributed by atoms with Crippen LogP contribution in [-0.2, 0) is 23.9 Å². The number of aromatic nitrogens is 1. The topological polar surface area (TPSA) is 126 Å². The number of rotatable bonds is 14. The van der Waals surface area contributed by atoms with Gasteiger partial charge in [-0.2, -0.15) is 13.2 Å². The van der Waals surface area contributed by atoms with Crippen LogP contribution in [0, 0.1) is 5.92 Å². The summed E-state index contributed by atoms with van der Waals surface area (Å²) >= 11 is 0. The minimum atomic E-state index is -5.36. The van der Waals surface area contributed by atoms with Gasteiger partial charge in [0.15, 0.2) is 0 Å². The van der Waals surface area contributed by atoms with E-state index in [0.29, 0.717) is 24.3 Å². The zero-order valence-electron chi connectivity index (χ0n) is 24.4. The normalized spacial score (nSPS) is 12.6. The summed E-state index contributed by atoms with van der Waals surface area (Å²) in [7, 11) is 0. The lowest BCUT2D eigenvalue weighted by molar-refractivity contribution is -0.202. The number of alkyl halides is 3. The quantitative estimate of drug-likeness (QED) is 0.127. The van der Waals surface area contributed by atoms with Crippen LogP contribution in [0.15, 0.2) is 79.0 Å². The van der Waals surface area contributed by atoms with Gasteiger partial charge in [-0.3, -0.25) is 14.4 Å². The van der Waals surface area contributed by atoms with E-state index in [1.807, 2.05) is 50.2 Å². The summed E-state index contributed by atoms with van der Waals surface area (Å²) in [4.78, 5) is 53.9. The smallest absolute Gasteiger partial charge is 0.386 e. The maximum Gasteiger partial charge on any atom is 0.491 e. The molecule has 0 bridgehead atoms. The van der Waals surface area contributed by atoms with Gasteiger partial charge in [0, 0.05) is 19.2 Å². The average molecular weight is 613 g/mol. The van der Waals surface area contributed by atoms with Crippen molar-refractivity contribution < 1.29 is 37.1 Å². The molecule has 1 aromatic heterocycles. The first kappa shape index (κ1) is 33.8. The summed E-state index contributed by atoms with van der Waals surface area (Å²) in [5.74, 6) is -4.44. The predicted molar refractivity (Wildman–Crippen MR) is 158 cm³/mol. The standard InChI is InChI=1S/C32H35F3N4O5/c1-21(2)19-26(38-28(40)12-8-18-37-27-11-6-7-17-36-27)30(42)39-25(20-29(41)44-31(43)32(33,34)35)24-15-13-23(14-16-24)22-9-4-3-5-10-22/h3-7,9-11,13-17,21,25-26H,8,12,18-20H2,1-2H3,(H,36,37)(H,38,40)(H,39,42)/t25?,26-/m0/s1. The number of ether oxygens (including phenoxy) is 1. The Morgan fingerprint density at radius 2 is 1.52 bits per heavy atom. The highest BCUT2D eigenvalue weighted by Gasteiger charge is 2.42. The number of nitrogens with one attached hydrogen (secondary N) is 3. The SMILES string of the molecule is CC(C)C[C@H](NC(=O)CCCNc1ccccn1)C(=O)NC(CC(=O)OC(=O)C(F)(F)F)c1ccc(-c2ccccc2)cc1. The number of halogens is 3. The van der Waals surface area contributed by atoms with Crippen molar-refractivity contribution >= 4 is 29.6 Å². The van der Waals surface area contributed by atoms with Gasteiger partial charge in [0.05, 0.1) is 12.5 Å². The molecule has 1 unspecified atom stereocenters. The van der Waals surface area contributed by atoms with Crippen LogP contribution in [0.2, 0.25) is 0 Å². The highest BCUT2D eigenvalue weighted by atomic mass is 19.4. The molecule has 0 spiro atoms. The summed E-state index contributed by atoms with van der Waals surface area (Å²) in [6, 6.07) is 19.4. The number of amides is 2. The highest BCUT2D eigenvalue weighted by molar-refractivity contribution is 5.90. The second-order valence-corrected chi connectivity index (χ2v) is 10.5. The number of pyridine rings is 1. The summed E-state index contributed by atoms with van der Waals surface area (Å²) in [6.45, 7) is 4.21. The Morgan fingerprint density at radius 3 is 2.14 bits per heavy atom. The molecule has 0 saturated carbocycles. The molecular weight excluding hydrogens is 577 g/mol. The van der Waals surface area contributed by atoms with Gasteiger partial charge in [0.25, 0.3) is 0 Å². The molecule has 2 atom stereocenters. The van der Waals surface area contributed by atoms with Crippen molar-refractivity contribution in [3.63, 3.8) is 0 Å². The van der Waals surface area contributed by atoms with Gasteiger partial charge < -0.3 is 20.7 Å². The Labute approximate surface area is 253 Å². The Hall–Kier alpha value is -4.74. The molecule has 9 nitrogen and oxygen atoms in total. The van der Waals surface area contributed by atoms with Crippen LogP contribution in [0.25, 0.3) is 11.1 Å². The van der Waals surface area contributed by atoms with Gasteiger partial charge in [-0.05, 0) is 47.6 Å². The third kappa shape index (κ3) is 11.2. The zero-order chi connectivity index (χ0) is 32.1. The fourth-order valence-electron chi connectivity index (χ4n) is 4.33. The monoisotopic (exact) mass is 612 g/mol. The van der Waals surface area contributed by atoms with Crippen molar-refractivity contribution in [2.75, 3.05) is 11.9 Å². The fourth-order valence-corrected chi connectivity index (χ4v) is 4.33. The second kappa shape index (κ2) is 16.2. The lowest BCUT2D eigenvalue weighted by Crippen LogP contribution is -2.48. The summed E-state index contributed by atoms with van der Waals surface area (Å²) in [6.07, 6.45) is -3.61. The van der Waals surface area contributed by atoms with Crippen LogP contribution >= 0.6 is 0 Å². The van der Waals surface area contributed by atoms with Crippen molar-refractivity contribution in [1.82, 2.24) is 15.6 Å². The molecule has 12 heteroatoms. The van der Waals surface area contributed by atoms with Gasteiger partial charge in [0.2, 0.25) is 11.8 Å². The first-order chi connectivity index (χ1) is 20.9. The van der Waals surface area contributed by atoms with Gasteiger partial charge >= 0.3 is 18.1 Å². The Kier molecular flexibility index (Phi) is 12.4. The number of benzene rings is 2. The van der Waals surface area contributed by atoms with Crippen LogP contribution in [-0.4, -0.2) is 47.5 Å². The number of anilines is 1. The predicted octanol–water partition coefficient (Wildman–Crippen LogP) is 5.35. The first-order valence-electron chi connectivity index (χ1n) is 14.1. The largest absolute Gasteiger partial charge is 0.491 e. The van der Waals surface area contributed by atoms with E-state index in [4.69, 9.17) is 0 Å². The van der Waals surface area contributed by atoms with E-state index in [1.165, 1.54) is 0 Å². The third-order valence-electron chi connectivity index (χ3n) is 6.46. The molecule has 3 N–H and O–H groups in total. The second-order valence-electron chi connectivity index (χ2n) is 10.5. The molecule has 0 aliphatic carbocycles. The lowest BCUT2D eigenvalue weighted by atomic mass is 9.97. The summed E-state index contributed by atoms with van der Waals surface area (Å²) < 4.78 is 42.0. The van der Waals surface area contributed by atoms with Gasteiger partial charge in [-0.1, -0.05) is 74.5 Å². The Balaban J connectivity index is 1.71. The van der Waals surface area contributed by atoms with Crippen LogP contribution in [0.1, 0.15) is 51.1 Å². The molecule has 0 fully saturated rings. The zero-order valence-corrected chi connectivity index (χ0v) is 24.4. The van der Waals surface area contributed by atoms with E-state index in [9.17, 15) is 32.3 Å². The molecule has 0 radical (unpaired) electrons. The van der Waals surface area contributed by atoms with Gasteiger partial charge in [0.1, 0.15) is 11.9 Å². The Morgan fingerprint density at radius 1 is 0.864 bits per heavy atom. The van der Waals surface area contributed by atoms with Crippen molar-refractivity contribution in [2.45, 2.75) is 57.8 Å². The molecule has 234 valence electrons. The first-order valence-corrected chi connectivity index (χ1v) is 14.1. The summed E-state index contributed by atoms with van der Waals surface area (Å²) in [5, 5.41) is 8.49. The van der Waals surface area contributed by atoms with E-state index in [0.717, 1.165) is 11.1 Å². The molecule has 3 aromatic rings. The van der Waals surface area contributed by atoms with E-state index in [1.54, 1.807) is 42.6 Å². The van der Waals surface area contributed by atoms with Crippen molar-refractivity contribution in [3.8, 4) is 11.1 Å². The molecule has 0 aliphatic rings. The van der Waals surface area contributed by atoms with Crippen molar-refractivity contribution in [1.29, 1.82) is 0 Å². The molecule has 1 heterocycles. The van der Waals surface area contributed by atoms with E-state index < -0.39 is 42.5 Å². The van der Waals surface area contributed by atoms with E-state index in [2.05, 4.69) is 25.7 Å². The fraction of sp³-hybridized carbons (Fsp3) is 0.344. The molecule has 0 saturated heterocycles. The molecule has 0 aliphatic heterocycles. The van der Waals surface area contributed by atoms with Crippen molar-refractivity contribution in [2.24, 2.45) is 5.92 Å².